The lowest BCUT2D eigenvalue weighted by atomic mass is 10.2. The van der Waals surface area contributed by atoms with Crippen molar-refractivity contribution in [3.63, 3.8) is 0 Å². The first-order valence-corrected chi connectivity index (χ1v) is 10.4. The molecule has 0 bridgehead atoms. The van der Waals surface area contributed by atoms with Gasteiger partial charge < -0.3 is 5.32 Å². The summed E-state index contributed by atoms with van der Waals surface area (Å²) >= 11 is 5.88. The molecule has 0 amide bonds. The molecule has 1 N–H and O–H groups in total. The lowest BCUT2D eigenvalue weighted by molar-refractivity contribution is 0.591. The van der Waals surface area contributed by atoms with Gasteiger partial charge in [-0.1, -0.05) is 42.8 Å². The van der Waals surface area contributed by atoms with E-state index in [9.17, 15) is 8.42 Å². The molecule has 0 spiro atoms. The Labute approximate surface area is 158 Å². The Morgan fingerprint density at radius 2 is 1.65 bits per heavy atom. The van der Waals surface area contributed by atoms with Crippen molar-refractivity contribution in [2.75, 3.05) is 5.32 Å². The van der Waals surface area contributed by atoms with Crippen LogP contribution in [0, 0.1) is 0 Å². The molecule has 136 valence electrons. The molecule has 0 aliphatic carbocycles. The summed E-state index contributed by atoms with van der Waals surface area (Å²) in [5, 5.41) is 3.72. The van der Waals surface area contributed by atoms with E-state index in [1.165, 1.54) is 0 Å². The molecule has 0 radical (unpaired) electrons. The molecule has 3 aromatic rings. The van der Waals surface area contributed by atoms with Crippen LogP contribution in [0.1, 0.15) is 25.8 Å². The zero-order valence-corrected chi connectivity index (χ0v) is 16.2. The molecular formula is C19H20ClN3O2S. The standard InChI is InChI=1S/C19H20ClN3O2S/c1-3-13(2)21-18-19(23-17-7-5-4-6-16(17)22-18)26(24,25)12-14-8-10-15(20)11-9-14/h4-11,13H,3,12H2,1-2H3,(H,21,22)/t13-/m0/s1. The largest absolute Gasteiger partial charge is 0.365 e. The van der Waals surface area contributed by atoms with Gasteiger partial charge in [0.1, 0.15) is 0 Å². The third-order valence-electron chi connectivity index (χ3n) is 4.10. The number of aromatic nitrogens is 2. The fraction of sp³-hybridized carbons (Fsp3) is 0.263. The maximum atomic E-state index is 13.0. The molecule has 26 heavy (non-hydrogen) atoms. The van der Waals surface area contributed by atoms with E-state index in [1.54, 1.807) is 30.3 Å². The minimum atomic E-state index is -3.68. The summed E-state index contributed by atoms with van der Waals surface area (Å²) in [5.41, 5.74) is 1.86. The van der Waals surface area contributed by atoms with Crippen LogP contribution in [0.3, 0.4) is 0 Å². The Morgan fingerprint density at radius 1 is 1.04 bits per heavy atom. The van der Waals surface area contributed by atoms with Crippen molar-refractivity contribution in [2.24, 2.45) is 0 Å². The van der Waals surface area contributed by atoms with Gasteiger partial charge in [0.2, 0.25) is 9.84 Å². The molecule has 5 nitrogen and oxygen atoms in total. The maximum Gasteiger partial charge on any atom is 0.203 e. The van der Waals surface area contributed by atoms with Crippen molar-refractivity contribution >= 4 is 38.3 Å². The van der Waals surface area contributed by atoms with Crippen LogP contribution in [0.5, 0.6) is 0 Å². The SMILES string of the molecule is CC[C@H](C)Nc1nc2ccccc2nc1S(=O)(=O)Cc1ccc(Cl)cc1. The molecule has 0 aliphatic rings. The minimum absolute atomic E-state index is 0.0218. The fourth-order valence-corrected chi connectivity index (χ4v) is 4.03. The van der Waals surface area contributed by atoms with Crippen LogP contribution in [0.25, 0.3) is 11.0 Å². The first-order chi connectivity index (χ1) is 12.4. The Bertz CT molecular complexity index is 1020. The Kier molecular flexibility index (Phi) is 5.44. The van der Waals surface area contributed by atoms with E-state index >= 15 is 0 Å². The highest BCUT2D eigenvalue weighted by Crippen LogP contribution is 2.25. The van der Waals surface area contributed by atoms with Gasteiger partial charge in [-0.25, -0.2) is 18.4 Å². The molecule has 7 heteroatoms. The number of benzene rings is 2. The van der Waals surface area contributed by atoms with E-state index in [1.807, 2.05) is 32.0 Å². The second-order valence-electron chi connectivity index (χ2n) is 6.21. The summed E-state index contributed by atoms with van der Waals surface area (Å²) in [5.74, 6) is 0.138. The first kappa shape index (κ1) is 18.6. The van der Waals surface area contributed by atoms with Crippen LogP contribution >= 0.6 is 11.6 Å². The van der Waals surface area contributed by atoms with Crippen LogP contribution in [-0.4, -0.2) is 24.4 Å². The fourth-order valence-electron chi connectivity index (χ4n) is 2.50. The maximum absolute atomic E-state index is 13.0. The van der Waals surface area contributed by atoms with Crippen molar-refractivity contribution in [3.05, 3.63) is 59.1 Å². The van der Waals surface area contributed by atoms with Crippen molar-refractivity contribution in [1.29, 1.82) is 0 Å². The number of para-hydroxylation sites is 2. The van der Waals surface area contributed by atoms with Gasteiger partial charge in [0.15, 0.2) is 10.8 Å². The number of sulfone groups is 1. The van der Waals surface area contributed by atoms with Crippen LogP contribution in [0.4, 0.5) is 5.82 Å². The molecule has 0 saturated carbocycles. The summed E-state index contributed by atoms with van der Waals surface area (Å²) in [6.07, 6.45) is 0.838. The van der Waals surface area contributed by atoms with E-state index in [0.717, 1.165) is 6.42 Å². The number of halogens is 1. The van der Waals surface area contributed by atoms with Crippen LogP contribution in [0.15, 0.2) is 53.6 Å². The van der Waals surface area contributed by atoms with E-state index in [0.29, 0.717) is 27.4 Å². The minimum Gasteiger partial charge on any atom is -0.365 e. The quantitative estimate of drug-likeness (QED) is 0.673. The summed E-state index contributed by atoms with van der Waals surface area (Å²) in [6, 6.07) is 14.1. The van der Waals surface area contributed by atoms with Gasteiger partial charge in [-0.15, -0.1) is 0 Å². The van der Waals surface area contributed by atoms with E-state index in [-0.39, 0.29) is 16.8 Å². The monoisotopic (exact) mass is 389 g/mol. The molecule has 1 heterocycles. The van der Waals surface area contributed by atoms with Crippen LogP contribution in [0.2, 0.25) is 5.02 Å². The highest BCUT2D eigenvalue weighted by atomic mass is 35.5. The zero-order valence-electron chi connectivity index (χ0n) is 14.6. The molecule has 0 unspecified atom stereocenters. The van der Waals surface area contributed by atoms with Gasteiger partial charge in [0, 0.05) is 11.1 Å². The third kappa shape index (κ3) is 4.14. The summed E-state index contributed by atoms with van der Waals surface area (Å²) in [7, 11) is -3.68. The van der Waals surface area contributed by atoms with E-state index in [4.69, 9.17) is 11.6 Å². The van der Waals surface area contributed by atoms with Crippen molar-refractivity contribution < 1.29 is 8.42 Å². The molecule has 0 saturated heterocycles. The second-order valence-corrected chi connectivity index (χ2v) is 8.55. The molecular weight excluding hydrogens is 370 g/mol. The predicted octanol–water partition coefficient (Wildman–Crippen LogP) is 4.47. The molecule has 3 rings (SSSR count). The Hall–Kier alpha value is -2.18. The Morgan fingerprint density at radius 3 is 2.27 bits per heavy atom. The Balaban J connectivity index is 2.07. The van der Waals surface area contributed by atoms with Gasteiger partial charge in [0.25, 0.3) is 0 Å². The zero-order chi connectivity index (χ0) is 18.7. The molecule has 1 aromatic heterocycles. The highest BCUT2D eigenvalue weighted by Gasteiger charge is 2.24. The lowest BCUT2D eigenvalue weighted by Gasteiger charge is -2.16. The topological polar surface area (TPSA) is 72.0 Å². The third-order valence-corrected chi connectivity index (χ3v) is 5.94. The summed E-state index contributed by atoms with van der Waals surface area (Å²) in [6.45, 7) is 4.00. The number of nitrogens with zero attached hydrogens (tertiary/aromatic N) is 2. The average Bonchev–Trinajstić information content (AvgIpc) is 2.62. The van der Waals surface area contributed by atoms with Gasteiger partial charge >= 0.3 is 0 Å². The first-order valence-electron chi connectivity index (χ1n) is 8.39. The predicted molar refractivity (Wildman–Crippen MR) is 105 cm³/mol. The molecule has 2 aromatic carbocycles. The molecule has 0 aliphatic heterocycles. The number of fused-ring (bicyclic) bond motifs is 1. The summed E-state index contributed by atoms with van der Waals surface area (Å²) < 4.78 is 26.1. The highest BCUT2D eigenvalue weighted by molar-refractivity contribution is 7.90. The van der Waals surface area contributed by atoms with Gasteiger partial charge in [-0.2, -0.15) is 0 Å². The normalized spacial score (nSPS) is 12.9. The van der Waals surface area contributed by atoms with Crippen molar-refractivity contribution in [3.8, 4) is 0 Å². The number of hydrogen-bond acceptors (Lipinski definition) is 5. The number of nitrogens with one attached hydrogen (secondary N) is 1. The number of anilines is 1. The van der Waals surface area contributed by atoms with E-state index < -0.39 is 9.84 Å². The van der Waals surface area contributed by atoms with Gasteiger partial charge in [-0.3, -0.25) is 0 Å². The smallest absolute Gasteiger partial charge is 0.203 e. The van der Waals surface area contributed by atoms with E-state index in [2.05, 4.69) is 15.3 Å². The molecule has 0 fully saturated rings. The second kappa shape index (κ2) is 7.60. The lowest BCUT2D eigenvalue weighted by Crippen LogP contribution is -2.19. The van der Waals surface area contributed by atoms with Gasteiger partial charge in [0.05, 0.1) is 16.8 Å². The van der Waals surface area contributed by atoms with Crippen molar-refractivity contribution in [2.45, 2.75) is 37.1 Å². The van der Waals surface area contributed by atoms with Crippen LogP contribution < -0.4 is 5.32 Å². The van der Waals surface area contributed by atoms with Gasteiger partial charge in [-0.05, 0) is 43.2 Å². The summed E-state index contributed by atoms with van der Waals surface area (Å²) in [4.78, 5) is 8.92. The molecule has 1 atom stereocenters. The number of hydrogen-bond donors (Lipinski definition) is 1. The van der Waals surface area contributed by atoms with Crippen molar-refractivity contribution in [1.82, 2.24) is 9.97 Å². The number of rotatable bonds is 6. The average molecular weight is 390 g/mol. The van der Waals surface area contributed by atoms with Crippen LogP contribution in [-0.2, 0) is 15.6 Å².